The molecule has 0 atom stereocenters. The molecule has 1 aliphatic heterocycles. The third-order valence-electron chi connectivity index (χ3n) is 7.31. The number of carbonyl (C=O) groups is 2. The maximum Gasteiger partial charge on any atom is 0.162 e. The predicted molar refractivity (Wildman–Crippen MR) is 141 cm³/mol. The summed E-state index contributed by atoms with van der Waals surface area (Å²) in [6.07, 6.45) is 2.36. The molecule has 188 valence electrons. The van der Waals surface area contributed by atoms with Gasteiger partial charge in [0.05, 0.1) is 0 Å². The minimum atomic E-state index is -0.482. The smallest absolute Gasteiger partial charge is 0.162 e. The van der Waals surface area contributed by atoms with E-state index in [1.165, 1.54) is 12.1 Å². The van der Waals surface area contributed by atoms with E-state index in [9.17, 15) is 14.0 Å². The summed E-state index contributed by atoms with van der Waals surface area (Å²) in [6.45, 7) is 8.70. The minimum Gasteiger partial charge on any atom is -0.489 e. The molecule has 2 aromatic rings. The molecule has 0 unspecified atom stereocenters. The van der Waals surface area contributed by atoms with Gasteiger partial charge in [-0.2, -0.15) is 0 Å². The van der Waals surface area contributed by atoms with Gasteiger partial charge in [-0.25, -0.2) is 4.39 Å². The fourth-order valence-corrected chi connectivity index (χ4v) is 6.20. The molecule has 0 spiro atoms. The molecular weight excluding hydrogens is 521 g/mol. The van der Waals surface area contributed by atoms with Crippen LogP contribution in [0.5, 0.6) is 5.75 Å². The van der Waals surface area contributed by atoms with E-state index in [0.717, 1.165) is 39.8 Å². The van der Waals surface area contributed by atoms with E-state index in [2.05, 4.69) is 48.9 Å². The standard InChI is InChI=1S/C30H31BrFNO3/c1-29(2)12-21-27(23(34)14-29)26(28-22(33-21)13-30(3,4)15-24(28)35)20-11-18(31)7-10-25(20)36-16-17-5-8-19(32)9-6-17/h5-11,26,33H,12-16H2,1-4H3. The van der Waals surface area contributed by atoms with Crippen LogP contribution in [-0.2, 0) is 16.2 Å². The Balaban J connectivity index is 1.63. The molecule has 36 heavy (non-hydrogen) atoms. The lowest BCUT2D eigenvalue weighted by molar-refractivity contribution is -0.119. The average molecular weight is 552 g/mol. The lowest BCUT2D eigenvalue weighted by Crippen LogP contribution is -2.42. The molecule has 4 nitrogen and oxygen atoms in total. The fourth-order valence-electron chi connectivity index (χ4n) is 5.82. The molecule has 0 fully saturated rings. The van der Waals surface area contributed by atoms with Crippen molar-refractivity contribution in [3.63, 3.8) is 0 Å². The van der Waals surface area contributed by atoms with Crippen molar-refractivity contribution in [3.8, 4) is 5.75 Å². The molecule has 6 heteroatoms. The lowest BCUT2D eigenvalue weighted by Gasteiger charge is -2.44. The number of Topliss-reactive ketones (excluding diaryl/α,β-unsaturated/α-hetero) is 2. The highest BCUT2D eigenvalue weighted by Crippen LogP contribution is 2.52. The number of ketones is 2. The first-order valence-corrected chi connectivity index (χ1v) is 13.2. The van der Waals surface area contributed by atoms with Gasteiger partial charge >= 0.3 is 0 Å². The Morgan fingerprint density at radius 3 is 2.00 bits per heavy atom. The van der Waals surface area contributed by atoms with Crippen LogP contribution in [0, 0.1) is 16.6 Å². The number of ether oxygens (including phenoxy) is 1. The topological polar surface area (TPSA) is 55.4 Å². The van der Waals surface area contributed by atoms with Crippen molar-refractivity contribution >= 4 is 27.5 Å². The summed E-state index contributed by atoms with van der Waals surface area (Å²) in [5.74, 6) is -0.0125. The van der Waals surface area contributed by atoms with Crippen molar-refractivity contribution in [1.29, 1.82) is 0 Å². The van der Waals surface area contributed by atoms with Crippen LogP contribution in [0.15, 0.2) is 69.5 Å². The van der Waals surface area contributed by atoms with Crippen LogP contribution in [0.25, 0.3) is 0 Å². The number of halogens is 2. The number of carbonyl (C=O) groups excluding carboxylic acids is 2. The van der Waals surface area contributed by atoms with Crippen molar-refractivity contribution < 1.29 is 18.7 Å². The Hall–Kier alpha value is -2.73. The number of hydrogen-bond donors (Lipinski definition) is 1. The van der Waals surface area contributed by atoms with Crippen LogP contribution < -0.4 is 10.1 Å². The molecule has 0 radical (unpaired) electrons. The molecule has 0 saturated carbocycles. The van der Waals surface area contributed by atoms with Crippen LogP contribution in [0.3, 0.4) is 0 Å². The average Bonchev–Trinajstić information content (AvgIpc) is 2.76. The van der Waals surface area contributed by atoms with Gasteiger partial charge in [-0.3, -0.25) is 9.59 Å². The third kappa shape index (κ3) is 4.80. The molecule has 2 aliphatic carbocycles. The number of allylic oxidation sites excluding steroid dienone is 4. The molecule has 3 aliphatic rings. The molecule has 1 N–H and O–H groups in total. The number of rotatable bonds is 4. The maximum absolute atomic E-state index is 13.6. The van der Waals surface area contributed by atoms with Crippen LogP contribution in [0.2, 0.25) is 0 Å². The van der Waals surface area contributed by atoms with Gasteiger partial charge in [-0.1, -0.05) is 55.8 Å². The molecule has 0 saturated heterocycles. The zero-order chi connectivity index (χ0) is 25.8. The molecular formula is C30H31BrFNO3. The number of nitrogens with one attached hydrogen (secondary N) is 1. The maximum atomic E-state index is 13.6. The highest BCUT2D eigenvalue weighted by Gasteiger charge is 2.47. The van der Waals surface area contributed by atoms with Crippen molar-refractivity contribution in [2.24, 2.45) is 10.8 Å². The second kappa shape index (κ2) is 8.98. The normalized spacial score (nSPS) is 21.2. The van der Waals surface area contributed by atoms with Crippen molar-refractivity contribution in [3.05, 3.63) is 86.4 Å². The summed E-state index contributed by atoms with van der Waals surface area (Å²) in [5, 5.41) is 3.56. The van der Waals surface area contributed by atoms with E-state index in [1.807, 2.05) is 18.2 Å². The van der Waals surface area contributed by atoms with Gasteiger partial charge in [0.15, 0.2) is 11.6 Å². The quantitative estimate of drug-likeness (QED) is 0.438. The molecule has 0 aromatic heterocycles. The zero-order valence-corrected chi connectivity index (χ0v) is 22.7. The second-order valence-electron chi connectivity index (χ2n) is 11.8. The van der Waals surface area contributed by atoms with Crippen LogP contribution >= 0.6 is 15.9 Å². The van der Waals surface area contributed by atoms with Crippen molar-refractivity contribution in [2.45, 2.75) is 65.9 Å². The summed E-state index contributed by atoms with van der Waals surface area (Å²) in [4.78, 5) is 27.2. The summed E-state index contributed by atoms with van der Waals surface area (Å²) in [7, 11) is 0. The predicted octanol–water partition coefficient (Wildman–Crippen LogP) is 7.14. The summed E-state index contributed by atoms with van der Waals surface area (Å²) < 4.78 is 20.5. The van der Waals surface area contributed by atoms with Gasteiger partial charge in [-0.05, 0) is 59.6 Å². The Kier molecular flexibility index (Phi) is 6.22. The molecule has 0 bridgehead atoms. The van der Waals surface area contributed by atoms with E-state index < -0.39 is 5.92 Å². The monoisotopic (exact) mass is 551 g/mol. The number of hydrogen-bond acceptors (Lipinski definition) is 4. The van der Waals surface area contributed by atoms with E-state index in [-0.39, 0.29) is 34.8 Å². The SMILES string of the molecule is CC1(C)CC(=O)C2=C(C1)NC1=C(C(=O)CC(C)(C)C1)C2c1cc(Br)ccc1OCc1ccc(F)cc1. The van der Waals surface area contributed by atoms with E-state index in [0.29, 0.717) is 29.7 Å². The van der Waals surface area contributed by atoms with E-state index in [4.69, 9.17) is 4.74 Å². The molecule has 2 aromatic carbocycles. The van der Waals surface area contributed by atoms with Gasteiger partial charge in [0.2, 0.25) is 0 Å². The highest BCUT2D eigenvalue weighted by molar-refractivity contribution is 9.10. The van der Waals surface area contributed by atoms with Crippen LogP contribution in [-0.4, -0.2) is 11.6 Å². The van der Waals surface area contributed by atoms with Crippen molar-refractivity contribution in [2.75, 3.05) is 0 Å². The molecule has 5 rings (SSSR count). The van der Waals surface area contributed by atoms with Gasteiger partial charge in [0.25, 0.3) is 0 Å². The summed E-state index contributed by atoms with van der Waals surface area (Å²) in [5.41, 5.74) is 4.55. The summed E-state index contributed by atoms with van der Waals surface area (Å²) in [6, 6.07) is 11.9. The van der Waals surface area contributed by atoms with Gasteiger partial charge in [-0.15, -0.1) is 0 Å². The summed E-state index contributed by atoms with van der Waals surface area (Å²) >= 11 is 3.59. The highest BCUT2D eigenvalue weighted by atomic mass is 79.9. The Morgan fingerprint density at radius 2 is 1.44 bits per heavy atom. The van der Waals surface area contributed by atoms with Gasteiger partial charge < -0.3 is 10.1 Å². The number of dihydropyridines is 1. The Morgan fingerprint density at radius 1 is 0.889 bits per heavy atom. The molecule has 0 amide bonds. The van der Waals surface area contributed by atoms with Gasteiger partial charge in [0.1, 0.15) is 18.2 Å². The first kappa shape index (κ1) is 24.9. The van der Waals surface area contributed by atoms with E-state index in [1.54, 1.807) is 12.1 Å². The third-order valence-corrected chi connectivity index (χ3v) is 7.80. The molecule has 1 heterocycles. The first-order chi connectivity index (χ1) is 16.9. The fraction of sp³-hybridized carbons (Fsp3) is 0.400. The van der Waals surface area contributed by atoms with Crippen molar-refractivity contribution in [1.82, 2.24) is 5.32 Å². The Labute approximate surface area is 220 Å². The van der Waals surface area contributed by atoms with Crippen LogP contribution in [0.4, 0.5) is 4.39 Å². The first-order valence-electron chi connectivity index (χ1n) is 12.4. The largest absolute Gasteiger partial charge is 0.489 e. The Bertz CT molecular complexity index is 1270. The zero-order valence-electron chi connectivity index (χ0n) is 21.1. The number of benzene rings is 2. The van der Waals surface area contributed by atoms with Crippen LogP contribution in [0.1, 0.15) is 70.4 Å². The van der Waals surface area contributed by atoms with E-state index >= 15 is 0 Å². The minimum absolute atomic E-state index is 0.0763. The lowest BCUT2D eigenvalue weighted by atomic mass is 9.64. The second-order valence-corrected chi connectivity index (χ2v) is 12.7. The van der Waals surface area contributed by atoms with Gasteiger partial charge in [0, 0.05) is 51.3 Å².